The van der Waals surface area contributed by atoms with Crippen molar-refractivity contribution in [3.05, 3.63) is 52.1 Å². The van der Waals surface area contributed by atoms with Crippen LogP contribution in [-0.2, 0) is 0 Å². The van der Waals surface area contributed by atoms with Gasteiger partial charge in [-0.05, 0) is 24.3 Å². The van der Waals surface area contributed by atoms with Crippen LogP contribution in [0, 0.1) is 10.1 Å². The maximum absolute atomic E-state index is 12.7. The first-order chi connectivity index (χ1) is 15.5. The van der Waals surface area contributed by atoms with Crippen LogP contribution in [-0.4, -0.2) is 101 Å². The van der Waals surface area contributed by atoms with Gasteiger partial charge in [-0.2, -0.15) is 0 Å². The maximum Gasteiger partial charge on any atom is 0.269 e. The number of rotatable bonds is 6. The summed E-state index contributed by atoms with van der Waals surface area (Å²) in [6.45, 7) is 6.79. The molecule has 0 bridgehead atoms. The molecular formula is C21H27N7O4. The van der Waals surface area contributed by atoms with Crippen LogP contribution in [0.2, 0.25) is 0 Å². The van der Waals surface area contributed by atoms with E-state index in [1.54, 1.807) is 4.90 Å². The Labute approximate surface area is 186 Å². The summed E-state index contributed by atoms with van der Waals surface area (Å²) in [6, 6.07) is 9.66. The largest absolute Gasteiger partial charge is 0.395 e. The Morgan fingerprint density at radius 1 is 0.875 bits per heavy atom. The third-order valence-electron chi connectivity index (χ3n) is 5.96. The molecule has 170 valence electrons. The summed E-state index contributed by atoms with van der Waals surface area (Å²) >= 11 is 0. The van der Waals surface area contributed by atoms with Gasteiger partial charge in [0.15, 0.2) is 11.6 Å². The number of β-amino-alcohol motifs (C(OH)–C–C–N with tert-alkyl or cyclic N) is 1. The number of anilines is 2. The molecule has 2 aliphatic rings. The quantitative estimate of drug-likeness (QED) is 0.504. The van der Waals surface area contributed by atoms with E-state index in [4.69, 9.17) is 5.11 Å². The van der Waals surface area contributed by atoms with Gasteiger partial charge in [0.05, 0.1) is 11.5 Å². The van der Waals surface area contributed by atoms with E-state index in [0.29, 0.717) is 38.3 Å². The van der Waals surface area contributed by atoms with Gasteiger partial charge in [0.25, 0.3) is 11.6 Å². The second-order valence-corrected chi connectivity index (χ2v) is 7.89. The van der Waals surface area contributed by atoms with Gasteiger partial charge in [-0.15, -0.1) is 10.2 Å². The van der Waals surface area contributed by atoms with Crippen LogP contribution in [0.15, 0.2) is 36.4 Å². The molecule has 0 unspecified atom stereocenters. The minimum absolute atomic E-state index is 0.0274. The van der Waals surface area contributed by atoms with Crippen molar-refractivity contribution in [2.75, 3.05) is 75.3 Å². The number of amides is 1. The number of nitro groups is 1. The zero-order valence-electron chi connectivity index (χ0n) is 17.8. The Morgan fingerprint density at radius 3 is 1.88 bits per heavy atom. The van der Waals surface area contributed by atoms with Crippen molar-refractivity contribution < 1.29 is 14.8 Å². The molecule has 0 spiro atoms. The zero-order valence-corrected chi connectivity index (χ0v) is 17.8. The van der Waals surface area contributed by atoms with E-state index < -0.39 is 4.92 Å². The number of nitrogens with zero attached hydrogens (tertiary/aromatic N) is 7. The second kappa shape index (κ2) is 9.88. The average Bonchev–Trinajstić information content (AvgIpc) is 2.84. The van der Waals surface area contributed by atoms with Gasteiger partial charge in [-0.3, -0.25) is 19.8 Å². The molecule has 0 radical (unpaired) electrons. The number of aliphatic hydroxyl groups is 1. The van der Waals surface area contributed by atoms with E-state index in [9.17, 15) is 14.9 Å². The van der Waals surface area contributed by atoms with E-state index in [2.05, 4.69) is 24.9 Å². The maximum atomic E-state index is 12.7. The van der Waals surface area contributed by atoms with Crippen LogP contribution < -0.4 is 9.80 Å². The Hall–Kier alpha value is -3.31. The van der Waals surface area contributed by atoms with E-state index in [-0.39, 0.29) is 18.2 Å². The van der Waals surface area contributed by atoms with Crippen LogP contribution in [0.25, 0.3) is 0 Å². The van der Waals surface area contributed by atoms with Gasteiger partial charge >= 0.3 is 0 Å². The van der Waals surface area contributed by atoms with Crippen molar-refractivity contribution in [3.8, 4) is 0 Å². The highest BCUT2D eigenvalue weighted by Crippen LogP contribution is 2.19. The molecule has 2 saturated heterocycles. The molecule has 1 aromatic carbocycles. The second-order valence-electron chi connectivity index (χ2n) is 7.89. The van der Waals surface area contributed by atoms with Crippen LogP contribution in [0.1, 0.15) is 10.4 Å². The first-order valence-corrected chi connectivity index (χ1v) is 10.8. The molecular weight excluding hydrogens is 414 g/mol. The Bertz CT molecular complexity index is 922. The van der Waals surface area contributed by atoms with E-state index in [0.717, 1.165) is 37.8 Å². The summed E-state index contributed by atoms with van der Waals surface area (Å²) in [7, 11) is 0. The number of piperazine rings is 2. The van der Waals surface area contributed by atoms with Crippen molar-refractivity contribution in [3.63, 3.8) is 0 Å². The zero-order chi connectivity index (χ0) is 22.5. The first kappa shape index (κ1) is 21.9. The fourth-order valence-corrected chi connectivity index (χ4v) is 4.04. The number of hydrogen-bond acceptors (Lipinski definition) is 9. The molecule has 0 atom stereocenters. The van der Waals surface area contributed by atoms with E-state index in [1.807, 2.05) is 12.1 Å². The fourth-order valence-electron chi connectivity index (χ4n) is 4.04. The standard InChI is InChI=1S/C21H27N7O4/c29-16-15-24-7-9-25(10-8-24)19-5-6-20(23-22-19)26-11-13-27(14-12-26)21(30)17-1-3-18(4-2-17)28(31)32/h1-6,29H,7-16H2. The smallest absolute Gasteiger partial charge is 0.269 e. The van der Waals surface area contributed by atoms with E-state index >= 15 is 0 Å². The van der Waals surface area contributed by atoms with Crippen molar-refractivity contribution >= 4 is 23.2 Å². The van der Waals surface area contributed by atoms with Gasteiger partial charge in [0.1, 0.15) is 0 Å². The summed E-state index contributed by atoms with van der Waals surface area (Å²) in [4.78, 5) is 31.3. The Morgan fingerprint density at radius 2 is 1.41 bits per heavy atom. The molecule has 2 fully saturated rings. The molecule has 1 aromatic heterocycles. The molecule has 3 heterocycles. The average molecular weight is 441 g/mol. The molecule has 11 heteroatoms. The predicted octanol–water partition coefficient (Wildman–Crippen LogP) is 0.461. The molecule has 1 amide bonds. The number of hydrogen-bond donors (Lipinski definition) is 1. The van der Waals surface area contributed by atoms with Crippen molar-refractivity contribution in [2.45, 2.75) is 0 Å². The molecule has 0 aliphatic carbocycles. The topological polar surface area (TPSA) is 119 Å². The predicted molar refractivity (Wildman–Crippen MR) is 119 cm³/mol. The molecule has 2 aliphatic heterocycles. The number of aromatic nitrogens is 2. The van der Waals surface area contributed by atoms with Crippen LogP contribution in [0.3, 0.4) is 0 Å². The summed E-state index contributed by atoms with van der Waals surface area (Å²) in [5.74, 6) is 1.51. The van der Waals surface area contributed by atoms with E-state index in [1.165, 1.54) is 24.3 Å². The summed E-state index contributed by atoms with van der Waals surface area (Å²) < 4.78 is 0. The lowest BCUT2D eigenvalue weighted by atomic mass is 10.1. The molecule has 2 aromatic rings. The van der Waals surface area contributed by atoms with Gasteiger partial charge in [-0.25, -0.2) is 0 Å². The van der Waals surface area contributed by atoms with Crippen molar-refractivity contribution in [1.29, 1.82) is 0 Å². The van der Waals surface area contributed by atoms with Crippen LogP contribution in [0.5, 0.6) is 0 Å². The summed E-state index contributed by atoms with van der Waals surface area (Å²) in [5, 5.41) is 28.6. The van der Waals surface area contributed by atoms with Gasteiger partial charge in [0, 0.05) is 76.6 Å². The highest BCUT2D eigenvalue weighted by molar-refractivity contribution is 5.94. The number of carbonyl (C=O) groups excluding carboxylic acids is 1. The molecule has 1 N–H and O–H groups in total. The first-order valence-electron chi connectivity index (χ1n) is 10.8. The highest BCUT2D eigenvalue weighted by atomic mass is 16.6. The normalized spacial score (nSPS) is 17.5. The summed E-state index contributed by atoms with van der Waals surface area (Å²) in [5.41, 5.74) is 0.424. The van der Waals surface area contributed by atoms with Crippen molar-refractivity contribution in [1.82, 2.24) is 20.0 Å². The van der Waals surface area contributed by atoms with Crippen LogP contribution >= 0.6 is 0 Å². The van der Waals surface area contributed by atoms with Crippen molar-refractivity contribution in [2.24, 2.45) is 0 Å². The number of non-ortho nitro benzene ring substituents is 1. The fraction of sp³-hybridized carbons (Fsp3) is 0.476. The number of benzene rings is 1. The molecule has 32 heavy (non-hydrogen) atoms. The SMILES string of the molecule is O=C(c1ccc([N+](=O)[O-])cc1)N1CCN(c2ccc(N3CCN(CCO)CC3)nn2)CC1. The minimum Gasteiger partial charge on any atom is -0.395 e. The van der Waals surface area contributed by atoms with Crippen LogP contribution in [0.4, 0.5) is 17.3 Å². The molecule has 4 rings (SSSR count). The third kappa shape index (κ3) is 4.94. The number of nitro benzene ring substituents is 1. The molecule has 0 saturated carbocycles. The summed E-state index contributed by atoms with van der Waals surface area (Å²) in [6.07, 6.45) is 0. The number of aliphatic hydroxyl groups excluding tert-OH is 1. The Kier molecular flexibility index (Phi) is 6.76. The van der Waals surface area contributed by atoms with Gasteiger partial charge in [0.2, 0.25) is 0 Å². The number of carbonyl (C=O) groups is 1. The minimum atomic E-state index is -0.476. The molecule has 11 nitrogen and oxygen atoms in total. The third-order valence-corrected chi connectivity index (χ3v) is 5.96. The lowest BCUT2D eigenvalue weighted by molar-refractivity contribution is -0.384. The van der Waals surface area contributed by atoms with Gasteiger partial charge in [-0.1, -0.05) is 0 Å². The highest BCUT2D eigenvalue weighted by Gasteiger charge is 2.24. The Balaban J connectivity index is 1.29. The van der Waals surface area contributed by atoms with Gasteiger partial charge < -0.3 is 19.8 Å². The monoisotopic (exact) mass is 441 g/mol. The lowest BCUT2D eigenvalue weighted by Gasteiger charge is -2.36. The lowest BCUT2D eigenvalue weighted by Crippen LogP contribution is -2.49.